The molecule has 13 heteroatoms. The van der Waals surface area contributed by atoms with E-state index in [9.17, 15) is 19.2 Å². The van der Waals surface area contributed by atoms with Crippen LogP contribution >= 0.6 is 11.3 Å². The van der Waals surface area contributed by atoms with Gasteiger partial charge in [0.05, 0.1) is 55.8 Å². The van der Waals surface area contributed by atoms with Gasteiger partial charge in [-0.15, -0.1) is 11.3 Å². The molecular weight excluding hydrogens is 572 g/mol. The lowest BCUT2D eigenvalue weighted by Gasteiger charge is -2.39. The van der Waals surface area contributed by atoms with Crippen LogP contribution in [0.5, 0.6) is 0 Å². The van der Waals surface area contributed by atoms with E-state index in [-0.39, 0.29) is 60.6 Å². The number of ether oxygens (including phenoxy) is 2. The zero-order valence-corrected chi connectivity index (χ0v) is 27.3. The Bertz CT molecular complexity index is 1050. The van der Waals surface area contributed by atoms with Crippen LogP contribution in [0.15, 0.2) is 11.6 Å². The number of likely N-dealkylation sites (N-methyl/N-ethyl adjacent to an activating group) is 1. The molecule has 1 aromatic rings. The van der Waals surface area contributed by atoms with Gasteiger partial charge < -0.3 is 35.2 Å². The van der Waals surface area contributed by atoms with Crippen molar-refractivity contribution in [1.29, 1.82) is 0 Å². The number of aromatic nitrogens is 1. The Morgan fingerprint density at radius 3 is 2.53 bits per heavy atom. The second-order valence-electron chi connectivity index (χ2n) is 11.7. The molecule has 43 heavy (non-hydrogen) atoms. The quantitative estimate of drug-likeness (QED) is 0.252. The van der Waals surface area contributed by atoms with Crippen LogP contribution < -0.4 is 16.0 Å². The molecule has 0 aliphatic carbocycles. The number of carbonyl (C=O) groups excluding carboxylic acids is 4. The van der Waals surface area contributed by atoms with Crippen molar-refractivity contribution in [3.05, 3.63) is 16.6 Å². The number of hydrogen-bond donors (Lipinski definition) is 3. The highest BCUT2D eigenvalue weighted by molar-refractivity contribution is 7.09. The van der Waals surface area contributed by atoms with Gasteiger partial charge in [0.25, 0.3) is 0 Å². The van der Waals surface area contributed by atoms with E-state index in [4.69, 9.17) is 9.47 Å². The first-order valence-corrected chi connectivity index (χ1v) is 16.3. The van der Waals surface area contributed by atoms with E-state index in [1.807, 2.05) is 31.1 Å². The molecule has 7 atom stereocenters. The van der Waals surface area contributed by atoms with Gasteiger partial charge in [-0.3, -0.25) is 19.2 Å². The Labute approximate surface area is 259 Å². The maximum atomic E-state index is 13.8. The van der Waals surface area contributed by atoms with Gasteiger partial charge in [0, 0.05) is 39.4 Å². The molecule has 2 saturated heterocycles. The van der Waals surface area contributed by atoms with E-state index < -0.39 is 18.1 Å². The summed E-state index contributed by atoms with van der Waals surface area (Å²) in [4.78, 5) is 60.1. The monoisotopic (exact) mass is 622 g/mol. The molecule has 0 radical (unpaired) electrons. The molecule has 3 rings (SSSR count). The number of likely N-dealkylation sites (tertiary alicyclic amines) is 1. The fourth-order valence-corrected chi connectivity index (χ4v) is 6.86. The molecule has 0 spiro atoms. The molecule has 0 saturated carbocycles. The van der Waals surface area contributed by atoms with Crippen LogP contribution in [-0.2, 0) is 35.2 Å². The second kappa shape index (κ2) is 17.0. The highest BCUT2D eigenvalue weighted by Crippen LogP contribution is 2.29. The van der Waals surface area contributed by atoms with E-state index in [2.05, 4.69) is 20.9 Å². The summed E-state index contributed by atoms with van der Waals surface area (Å²) in [5.74, 6) is -1.08. The highest BCUT2D eigenvalue weighted by Gasteiger charge is 2.42. The fraction of sp³-hybridized carbons (Fsp3) is 0.767. The molecule has 7 unspecified atom stereocenters. The molecule has 3 N–H and O–H groups in total. The first-order chi connectivity index (χ1) is 20.6. The van der Waals surface area contributed by atoms with Gasteiger partial charge in [0.1, 0.15) is 5.01 Å². The summed E-state index contributed by atoms with van der Waals surface area (Å²) >= 11 is 1.48. The highest BCUT2D eigenvalue weighted by atomic mass is 32.1. The van der Waals surface area contributed by atoms with Crippen molar-refractivity contribution in [2.75, 3.05) is 40.9 Å². The van der Waals surface area contributed by atoms with Crippen LogP contribution in [0.1, 0.15) is 64.3 Å². The number of hydrogen-bond acceptors (Lipinski definition) is 9. The summed E-state index contributed by atoms with van der Waals surface area (Å²) in [6.07, 6.45) is 4.78. The SMILES string of the molecule is CCC(C)C(C(CC(=O)N1CCCC1C(OC)C(C)C(=O)NCc1nccs1)OC)N(C)C(=O)CNC(=O)C1CCCN1. The first kappa shape index (κ1) is 34.9. The van der Waals surface area contributed by atoms with Crippen LogP contribution in [0.3, 0.4) is 0 Å². The zero-order chi connectivity index (χ0) is 31.5. The molecule has 0 aromatic carbocycles. The van der Waals surface area contributed by atoms with Gasteiger partial charge in [-0.1, -0.05) is 27.2 Å². The molecule has 2 fully saturated rings. The predicted molar refractivity (Wildman–Crippen MR) is 164 cm³/mol. The van der Waals surface area contributed by atoms with Crippen molar-refractivity contribution in [1.82, 2.24) is 30.7 Å². The Morgan fingerprint density at radius 1 is 1.16 bits per heavy atom. The number of thiazole rings is 1. The maximum absolute atomic E-state index is 13.8. The molecule has 4 amide bonds. The van der Waals surface area contributed by atoms with Gasteiger partial charge in [0.2, 0.25) is 23.6 Å². The van der Waals surface area contributed by atoms with Crippen molar-refractivity contribution >= 4 is 35.0 Å². The van der Waals surface area contributed by atoms with Crippen molar-refractivity contribution in [2.24, 2.45) is 11.8 Å². The fourth-order valence-electron chi connectivity index (χ4n) is 6.31. The summed E-state index contributed by atoms with van der Waals surface area (Å²) in [6, 6.07) is -0.886. The van der Waals surface area contributed by atoms with Crippen LogP contribution in [0, 0.1) is 11.8 Å². The maximum Gasteiger partial charge on any atom is 0.242 e. The van der Waals surface area contributed by atoms with Crippen molar-refractivity contribution in [3.63, 3.8) is 0 Å². The zero-order valence-electron chi connectivity index (χ0n) is 26.5. The predicted octanol–water partition coefficient (Wildman–Crippen LogP) is 1.55. The van der Waals surface area contributed by atoms with Crippen LogP contribution in [0.25, 0.3) is 0 Å². The third-order valence-corrected chi connectivity index (χ3v) is 9.77. The number of nitrogens with one attached hydrogen (secondary N) is 3. The van der Waals surface area contributed by atoms with E-state index in [0.29, 0.717) is 13.1 Å². The number of rotatable bonds is 16. The number of nitrogens with zero attached hydrogens (tertiary/aromatic N) is 3. The average Bonchev–Trinajstić information content (AvgIpc) is 3.81. The molecule has 242 valence electrons. The van der Waals surface area contributed by atoms with Crippen molar-refractivity contribution in [3.8, 4) is 0 Å². The smallest absolute Gasteiger partial charge is 0.242 e. The molecular formula is C30H50N6O6S. The van der Waals surface area contributed by atoms with Gasteiger partial charge in [0.15, 0.2) is 0 Å². The van der Waals surface area contributed by atoms with Crippen LogP contribution in [-0.4, -0.2) is 110 Å². The minimum atomic E-state index is -0.551. The molecule has 0 bridgehead atoms. The van der Waals surface area contributed by atoms with Crippen LogP contribution in [0.2, 0.25) is 0 Å². The lowest BCUT2D eigenvalue weighted by Crippen LogP contribution is -2.54. The number of amides is 4. The minimum absolute atomic E-state index is 0.0431. The van der Waals surface area contributed by atoms with Crippen LogP contribution in [0.4, 0.5) is 0 Å². The van der Waals surface area contributed by atoms with E-state index in [1.54, 1.807) is 32.4 Å². The van der Waals surface area contributed by atoms with E-state index in [0.717, 1.165) is 43.7 Å². The molecule has 1 aromatic heterocycles. The first-order valence-electron chi connectivity index (χ1n) is 15.4. The van der Waals surface area contributed by atoms with E-state index >= 15 is 0 Å². The number of methoxy groups -OCH3 is 2. The Kier molecular flexibility index (Phi) is 13.8. The second-order valence-corrected chi connectivity index (χ2v) is 12.6. The van der Waals surface area contributed by atoms with Gasteiger partial charge in [-0.2, -0.15) is 0 Å². The molecule has 2 aliphatic heterocycles. The largest absolute Gasteiger partial charge is 0.379 e. The molecule has 3 heterocycles. The third-order valence-electron chi connectivity index (χ3n) is 8.99. The van der Waals surface area contributed by atoms with Gasteiger partial charge in [-0.25, -0.2) is 4.98 Å². The number of carbonyl (C=O) groups is 4. The summed E-state index contributed by atoms with van der Waals surface area (Å²) < 4.78 is 11.7. The van der Waals surface area contributed by atoms with Gasteiger partial charge >= 0.3 is 0 Å². The normalized spacial score (nSPS) is 22.0. The summed E-state index contributed by atoms with van der Waals surface area (Å²) in [6.45, 7) is 7.51. The lowest BCUT2D eigenvalue weighted by atomic mass is 9.90. The standard InChI is InChI=1S/C30H50N6O6S/c1-7-19(2)27(35(4)26(38)18-34-30(40)21-10-8-12-31-21)23(41-5)16-25(37)36-14-9-11-22(36)28(42-6)20(3)29(39)33-17-24-32-13-15-43-24/h13,15,19-23,27-28,31H,7-12,14,16-18H2,1-6H3,(H,33,39)(H,34,40). The lowest BCUT2D eigenvalue weighted by molar-refractivity contribution is -0.145. The molecule has 2 aliphatic rings. The third kappa shape index (κ3) is 9.19. The average molecular weight is 623 g/mol. The van der Waals surface area contributed by atoms with Crippen molar-refractivity contribution < 1.29 is 28.7 Å². The topological polar surface area (TPSA) is 142 Å². The Morgan fingerprint density at radius 2 is 1.93 bits per heavy atom. The van der Waals surface area contributed by atoms with E-state index in [1.165, 1.54) is 11.3 Å². The Balaban J connectivity index is 1.65. The minimum Gasteiger partial charge on any atom is -0.379 e. The van der Waals surface area contributed by atoms with Gasteiger partial charge in [-0.05, 0) is 38.1 Å². The summed E-state index contributed by atoms with van der Waals surface area (Å²) in [7, 11) is 4.85. The van der Waals surface area contributed by atoms with Crippen molar-refractivity contribution in [2.45, 2.75) is 96.2 Å². The Hall–Kier alpha value is -2.61. The molecule has 12 nitrogen and oxygen atoms in total. The summed E-state index contributed by atoms with van der Waals surface area (Å²) in [5.41, 5.74) is 0. The summed E-state index contributed by atoms with van der Waals surface area (Å²) in [5, 5.41) is 11.5.